The Morgan fingerprint density at radius 2 is 2.12 bits per heavy atom. The topological polar surface area (TPSA) is 83.5 Å². The molecule has 1 unspecified atom stereocenters. The number of nitrogens with one attached hydrogen (secondary N) is 2. The maximum absolute atomic E-state index is 5.45. The van der Waals surface area contributed by atoms with Crippen LogP contribution in [0.5, 0.6) is 0 Å². The molecule has 2 aromatic heterocycles. The van der Waals surface area contributed by atoms with Crippen LogP contribution in [-0.4, -0.2) is 53.4 Å². The third-order valence-electron chi connectivity index (χ3n) is 5.67. The summed E-state index contributed by atoms with van der Waals surface area (Å²) in [7, 11) is 2.12. The Morgan fingerprint density at radius 3 is 2.94 bits per heavy atom. The average molecular weight is 436 g/mol. The Labute approximate surface area is 189 Å². The third kappa shape index (κ3) is 6.12. The molecule has 3 heterocycles. The van der Waals surface area contributed by atoms with E-state index >= 15 is 0 Å². The summed E-state index contributed by atoms with van der Waals surface area (Å²) in [6.45, 7) is 5.24. The van der Waals surface area contributed by atoms with Crippen molar-refractivity contribution >= 4 is 11.6 Å². The normalized spacial score (nSPS) is 15.9. The molecule has 0 amide bonds. The van der Waals surface area contributed by atoms with Gasteiger partial charge in [-0.3, -0.25) is 4.99 Å². The van der Waals surface area contributed by atoms with Crippen molar-refractivity contribution in [2.24, 2.45) is 4.99 Å². The molecule has 170 valence electrons. The first-order valence-corrected chi connectivity index (χ1v) is 11.4. The van der Waals surface area contributed by atoms with Gasteiger partial charge in [0.2, 0.25) is 0 Å². The highest BCUT2D eigenvalue weighted by atomic mass is 16.3. The molecule has 8 nitrogen and oxygen atoms in total. The fourth-order valence-electron chi connectivity index (χ4n) is 3.97. The van der Waals surface area contributed by atoms with E-state index in [-0.39, 0.29) is 6.04 Å². The lowest BCUT2D eigenvalue weighted by molar-refractivity contribution is 0.392. The highest BCUT2D eigenvalue weighted by Gasteiger charge is 2.21. The van der Waals surface area contributed by atoms with E-state index in [9.17, 15) is 0 Å². The van der Waals surface area contributed by atoms with Gasteiger partial charge in [-0.15, -0.1) is 0 Å². The van der Waals surface area contributed by atoms with Crippen LogP contribution in [0.2, 0.25) is 0 Å². The van der Waals surface area contributed by atoms with Crippen LogP contribution in [0.15, 0.2) is 58.1 Å². The largest absolute Gasteiger partial charge is 0.469 e. The van der Waals surface area contributed by atoms with Gasteiger partial charge in [-0.25, -0.2) is 9.67 Å². The van der Waals surface area contributed by atoms with E-state index < -0.39 is 0 Å². The fourth-order valence-corrected chi connectivity index (χ4v) is 3.97. The number of para-hydroxylation sites is 1. The van der Waals surface area contributed by atoms with E-state index in [1.807, 2.05) is 29.8 Å². The third-order valence-corrected chi connectivity index (χ3v) is 5.67. The van der Waals surface area contributed by atoms with E-state index in [0.29, 0.717) is 0 Å². The molecule has 0 aliphatic carbocycles. The highest BCUT2D eigenvalue weighted by Crippen LogP contribution is 2.13. The maximum atomic E-state index is 5.45. The summed E-state index contributed by atoms with van der Waals surface area (Å²) in [6, 6.07) is 14.7. The minimum atomic E-state index is 0.283. The molecule has 0 bridgehead atoms. The molecule has 32 heavy (non-hydrogen) atoms. The van der Waals surface area contributed by atoms with E-state index in [0.717, 1.165) is 75.2 Å². The first-order valence-electron chi connectivity index (χ1n) is 11.4. The smallest absolute Gasteiger partial charge is 0.191 e. The number of guanidine groups is 1. The Balaban J connectivity index is 1.31. The first kappa shape index (κ1) is 21.9. The van der Waals surface area contributed by atoms with Crippen molar-refractivity contribution in [3.8, 4) is 0 Å². The second-order valence-corrected chi connectivity index (χ2v) is 8.23. The zero-order valence-corrected chi connectivity index (χ0v) is 19.0. The van der Waals surface area contributed by atoms with Crippen molar-refractivity contribution in [1.82, 2.24) is 25.4 Å². The van der Waals surface area contributed by atoms with E-state index in [1.165, 1.54) is 5.69 Å². The molecule has 0 saturated carbocycles. The van der Waals surface area contributed by atoms with Gasteiger partial charge in [0, 0.05) is 51.3 Å². The van der Waals surface area contributed by atoms with E-state index in [4.69, 9.17) is 9.41 Å². The van der Waals surface area contributed by atoms with Crippen LogP contribution in [0.1, 0.15) is 30.3 Å². The summed E-state index contributed by atoms with van der Waals surface area (Å²) >= 11 is 0. The molecule has 0 saturated heterocycles. The molecule has 3 aromatic rings. The van der Waals surface area contributed by atoms with Crippen LogP contribution in [0, 0.1) is 6.92 Å². The van der Waals surface area contributed by atoms with Gasteiger partial charge < -0.3 is 20.0 Å². The number of aromatic nitrogens is 3. The number of furan rings is 1. The quantitative estimate of drug-likeness (QED) is 0.306. The van der Waals surface area contributed by atoms with Crippen LogP contribution in [0.4, 0.5) is 5.69 Å². The molecule has 4 rings (SSSR count). The Morgan fingerprint density at radius 1 is 1.25 bits per heavy atom. The predicted octanol–water partition coefficient (Wildman–Crippen LogP) is 2.80. The summed E-state index contributed by atoms with van der Waals surface area (Å²) in [5.74, 6) is 3.74. The first-order chi connectivity index (χ1) is 15.7. The molecular formula is C24H33N7O. The molecule has 2 N–H and O–H groups in total. The lowest BCUT2D eigenvalue weighted by Gasteiger charge is -2.25. The number of rotatable bonds is 9. The number of aliphatic imine (C=N–C) groups is 1. The number of hydrogen-bond acceptors (Lipinski definition) is 5. The van der Waals surface area contributed by atoms with Crippen LogP contribution in [0.3, 0.4) is 0 Å². The molecule has 8 heteroatoms. The van der Waals surface area contributed by atoms with Crippen LogP contribution >= 0.6 is 0 Å². The SMILES string of the molecule is Cc1nc2n(n1)CC(NC(=NCCCN(C)c1ccccc1)NCCc1ccco1)CC2. The van der Waals surface area contributed by atoms with Crippen molar-refractivity contribution in [2.45, 2.75) is 45.2 Å². The number of fused-ring (bicyclic) bond motifs is 1. The molecule has 0 spiro atoms. The van der Waals surface area contributed by atoms with Gasteiger partial charge in [0.25, 0.3) is 0 Å². The van der Waals surface area contributed by atoms with Gasteiger partial charge >= 0.3 is 0 Å². The second kappa shape index (κ2) is 10.8. The Kier molecular flexibility index (Phi) is 7.42. The summed E-state index contributed by atoms with van der Waals surface area (Å²) in [5, 5.41) is 11.6. The molecule has 1 aliphatic rings. The van der Waals surface area contributed by atoms with Crippen LogP contribution in [-0.2, 0) is 19.4 Å². The average Bonchev–Trinajstić information content (AvgIpc) is 3.45. The summed E-state index contributed by atoms with van der Waals surface area (Å²) in [5.41, 5.74) is 1.23. The number of aryl methyl sites for hydroxylation is 2. The zero-order valence-electron chi connectivity index (χ0n) is 19.0. The number of hydrogen-bond donors (Lipinski definition) is 2. The van der Waals surface area contributed by atoms with Gasteiger partial charge in [-0.1, -0.05) is 18.2 Å². The zero-order chi connectivity index (χ0) is 22.2. The summed E-state index contributed by atoms with van der Waals surface area (Å²) in [6.07, 6.45) is 5.47. The highest BCUT2D eigenvalue weighted by molar-refractivity contribution is 5.80. The Hall–Kier alpha value is -3.29. The molecule has 1 atom stereocenters. The maximum Gasteiger partial charge on any atom is 0.191 e. The summed E-state index contributed by atoms with van der Waals surface area (Å²) in [4.78, 5) is 11.6. The number of benzene rings is 1. The van der Waals surface area contributed by atoms with Crippen LogP contribution < -0.4 is 15.5 Å². The van der Waals surface area contributed by atoms with Gasteiger partial charge in [0.1, 0.15) is 17.4 Å². The summed E-state index contributed by atoms with van der Waals surface area (Å²) < 4.78 is 7.47. The molecule has 0 fully saturated rings. The molecule has 1 aromatic carbocycles. The van der Waals surface area contributed by atoms with Gasteiger partial charge in [0.05, 0.1) is 12.8 Å². The van der Waals surface area contributed by atoms with Crippen LogP contribution in [0.25, 0.3) is 0 Å². The van der Waals surface area contributed by atoms with Crippen molar-refractivity contribution in [2.75, 3.05) is 31.6 Å². The minimum absolute atomic E-state index is 0.283. The van der Waals surface area contributed by atoms with E-state index in [1.54, 1.807) is 6.26 Å². The van der Waals surface area contributed by atoms with Gasteiger partial charge in [0.15, 0.2) is 5.96 Å². The lowest BCUT2D eigenvalue weighted by atomic mass is 10.1. The van der Waals surface area contributed by atoms with Crippen molar-refractivity contribution in [1.29, 1.82) is 0 Å². The van der Waals surface area contributed by atoms with Crippen molar-refractivity contribution in [3.63, 3.8) is 0 Å². The van der Waals surface area contributed by atoms with Gasteiger partial charge in [-0.2, -0.15) is 5.10 Å². The minimum Gasteiger partial charge on any atom is -0.469 e. The predicted molar refractivity (Wildman–Crippen MR) is 127 cm³/mol. The number of nitrogens with zero attached hydrogens (tertiary/aromatic N) is 5. The monoisotopic (exact) mass is 435 g/mol. The lowest BCUT2D eigenvalue weighted by Crippen LogP contribution is -2.47. The molecule has 0 radical (unpaired) electrons. The Bertz CT molecular complexity index is 981. The van der Waals surface area contributed by atoms with E-state index in [2.05, 4.69) is 56.9 Å². The molecule has 1 aliphatic heterocycles. The standard InChI is InChI=1S/C24H33N7O/c1-19-27-23-12-11-20(18-31(23)29-19)28-24(26-15-13-22-10-6-17-32-22)25-14-7-16-30(2)21-8-4-3-5-9-21/h3-6,8-10,17,20H,7,11-16,18H2,1-2H3,(H2,25,26,28). The second-order valence-electron chi connectivity index (χ2n) is 8.23. The van der Waals surface area contributed by atoms with Gasteiger partial charge in [-0.05, 0) is 44.0 Å². The van der Waals surface area contributed by atoms with Crippen molar-refractivity contribution in [3.05, 3.63) is 66.1 Å². The van der Waals surface area contributed by atoms with Crippen molar-refractivity contribution < 1.29 is 4.42 Å². The number of anilines is 1. The fraction of sp³-hybridized carbons (Fsp3) is 0.458. The molecular weight excluding hydrogens is 402 g/mol.